The van der Waals surface area contributed by atoms with E-state index in [1.165, 1.54) is 160 Å². The van der Waals surface area contributed by atoms with Crippen LogP contribution < -0.4 is 0 Å². The van der Waals surface area contributed by atoms with E-state index in [1.54, 1.807) is 0 Å². The molecule has 0 amide bonds. The molecule has 0 N–H and O–H groups in total. The van der Waals surface area contributed by atoms with Crippen molar-refractivity contribution < 1.29 is 0 Å². The van der Waals surface area contributed by atoms with Crippen molar-refractivity contribution in [3.05, 3.63) is 266 Å². The molecule has 0 aliphatic carbocycles. The summed E-state index contributed by atoms with van der Waals surface area (Å²) in [6, 6.07) is 95.0. The van der Waals surface area contributed by atoms with E-state index < -0.39 is 0 Å². The van der Waals surface area contributed by atoms with Crippen LogP contribution in [0.15, 0.2) is 266 Å². The average molecular weight is 1060 g/mol. The fourth-order valence-electron chi connectivity index (χ4n) is 11.7. The molecule has 16 aromatic rings. The van der Waals surface area contributed by atoms with Crippen molar-refractivity contribution in [3.8, 4) is 86.3 Å². The average Bonchev–Trinajstić information content (AvgIpc) is 4.51. The lowest BCUT2D eigenvalue weighted by Gasteiger charge is -2.09. The van der Waals surface area contributed by atoms with Gasteiger partial charge in [0.25, 0.3) is 0 Å². The zero-order chi connectivity index (χ0) is 51.3. The molecule has 16 rings (SSSR count). The van der Waals surface area contributed by atoms with E-state index in [0.717, 1.165) is 0 Å². The SMILES string of the molecule is c1ccc2c(-c3ccc(-c4ccc(-c5ccc(-c6cc7ccc8c9ccc%10c(ccc%11cc(-c%12ccc(-c%13ccc(-c%14ccc(-c%15scc%16ccccc%15%16)cc%14)cc%13)cc%12)sc%11%10)c9ccc8c7s6)cc5)cc4)cc3)scc2c1. The van der Waals surface area contributed by atoms with E-state index in [0.29, 0.717) is 0 Å². The minimum Gasteiger partial charge on any atom is -0.143 e. The molecule has 0 saturated carbocycles. The van der Waals surface area contributed by atoms with Crippen LogP contribution in [0.3, 0.4) is 0 Å². The molecule has 0 unspecified atom stereocenters. The van der Waals surface area contributed by atoms with Crippen LogP contribution in [0.25, 0.3) is 160 Å². The highest BCUT2D eigenvalue weighted by molar-refractivity contribution is 7.23. The molecule has 4 aromatic heterocycles. The number of hydrogen-bond acceptors (Lipinski definition) is 4. The molecular formula is C74H44S4. The van der Waals surface area contributed by atoms with Gasteiger partial charge in [-0.15, -0.1) is 45.3 Å². The smallest absolute Gasteiger partial charge is 0.0428 e. The van der Waals surface area contributed by atoms with E-state index in [4.69, 9.17) is 0 Å². The summed E-state index contributed by atoms with van der Waals surface area (Å²) in [4.78, 5) is 5.24. The monoisotopic (exact) mass is 1060 g/mol. The van der Waals surface area contributed by atoms with Crippen molar-refractivity contribution in [1.82, 2.24) is 0 Å². The Kier molecular flexibility index (Phi) is 10.8. The van der Waals surface area contributed by atoms with Crippen LogP contribution in [0.1, 0.15) is 0 Å². The van der Waals surface area contributed by atoms with Crippen LogP contribution in [0.4, 0.5) is 0 Å². The zero-order valence-corrected chi connectivity index (χ0v) is 45.3. The molecule has 0 saturated heterocycles. The number of fused-ring (bicyclic) bond motifs is 11. The predicted octanol–water partition coefficient (Wildman–Crippen LogP) is 23.3. The molecule has 0 nitrogen and oxygen atoms in total. The van der Waals surface area contributed by atoms with Crippen molar-refractivity contribution in [3.63, 3.8) is 0 Å². The van der Waals surface area contributed by atoms with Crippen molar-refractivity contribution in [2.45, 2.75) is 0 Å². The van der Waals surface area contributed by atoms with Crippen LogP contribution in [-0.4, -0.2) is 0 Å². The summed E-state index contributed by atoms with van der Waals surface area (Å²) >= 11 is 7.43. The maximum Gasteiger partial charge on any atom is 0.0428 e. The van der Waals surface area contributed by atoms with Gasteiger partial charge < -0.3 is 0 Å². The van der Waals surface area contributed by atoms with Crippen molar-refractivity contribution in [2.75, 3.05) is 0 Å². The Bertz CT molecular complexity index is 4630. The van der Waals surface area contributed by atoms with Crippen LogP contribution in [0, 0.1) is 0 Å². The van der Waals surface area contributed by atoms with Gasteiger partial charge in [0, 0.05) is 50.5 Å². The van der Waals surface area contributed by atoms with Crippen LogP contribution >= 0.6 is 45.3 Å². The Morgan fingerprint density at radius 1 is 0.192 bits per heavy atom. The van der Waals surface area contributed by atoms with Crippen molar-refractivity contribution in [1.29, 1.82) is 0 Å². The molecule has 0 spiro atoms. The largest absolute Gasteiger partial charge is 0.143 e. The second-order valence-corrected chi connectivity index (χ2v) is 24.2. The summed E-state index contributed by atoms with van der Waals surface area (Å²) in [7, 11) is 0. The summed E-state index contributed by atoms with van der Waals surface area (Å²) in [5.41, 5.74) is 14.8. The van der Waals surface area contributed by atoms with Gasteiger partial charge in [0.15, 0.2) is 0 Å². The minimum atomic E-state index is 1.22. The molecule has 0 atom stereocenters. The molecule has 0 aliphatic heterocycles. The topological polar surface area (TPSA) is 0 Å². The van der Waals surface area contributed by atoms with Gasteiger partial charge in [0.1, 0.15) is 0 Å². The lowest BCUT2D eigenvalue weighted by molar-refractivity contribution is 1.59. The fourth-order valence-corrected chi connectivity index (χ4v) is 16.2. The molecule has 4 heterocycles. The van der Waals surface area contributed by atoms with Gasteiger partial charge in [0.05, 0.1) is 0 Å². The normalized spacial score (nSPS) is 11.8. The number of rotatable bonds is 8. The Balaban J connectivity index is 0.624. The Labute approximate surface area is 467 Å². The number of thiophene rings is 4. The summed E-state index contributed by atoms with van der Waals surface area (Å²) in [6.45, 7) is 0. The molecule has 0 aliphatic rings. The van der Waals surface area contributed by atoms with E-state index in [1.807, 2.05) is 45.3 Å². The second kappa shape index (κ2) is 18.5. The van der Waals surface area contributed by atoms with Crippen molar-refractivity contribution >= 4 is 119 Å². The van der Waals surface area contributed by atoms with E-state index in [2.05, 4.69) is 266 Å². The maximum absolute atomic E-state index is 2.37. The molecule has 364 valence electrons. The Morgan fingerprint density at radius 2 is 0.462 bits per heavy atom. The third-order valence-corrected chi connectivity index (χ3v) is 20.5. The van der Waals surface area contributed by atoms with Gasteiger partial charge >= 0.3 is 0 Å². The first-order chi connectivity index (χ1) is 38.6. The number of hydrogen-bond donors (Lipinski definition) is 0. The van der Waals surface area contributed by atoms with E-state index >= 15 is 0 Å². The van der Waals surface area contributed by atoms with Gasteiger partial charge in [-0.2, -0.15) is 0 Å². The molecule has 78 heavy (non-hydrogen) atoms. The Morgan fingerprint density at radius 3 is 0.808 bits per heavy atom. The van der Waals surface area contributed by atoms with Gasteiger partial charge in [-0.05, 0) is 133 Å². The van der Waals surface area contributed by atoms with Gasteiger partial charge in [0.2, 0.25) is 0 Å². The second-order valence-electron chi connectivity index (χ2n) is 20.4. The molecule has 4 heteroatoms. The van der Waals surface area contributed by atoms with E-state index in [-0.39, 0.29) is 0 Å². The lowest BCUT2D eigenvalue weighted by Crippen LogP contribution is -1.82. The quantitative estimate of drug-likeness (QED) is 0.133. The fraction of sp³-hybridized carbons (Fsp3) is 0. The minimum absolute atomic E-state index is 1.22. The molecular weight excluding hydrogens is 1020 g/mol. The van der Waals surface area contributed by atoms with Crippen LogP contribution in [0.2, 0.25) is 0 Å². The lowest BCUT2D eigenvalue weighted by atomic mass is 9.96. The maximum atomic E-state index is 2.37. The summed E-state index contributed by atoms with van der Waals surface area (Å²) < 4.78 is 2.68. The first-order valence-corrected chi connectivity index (χ1v) is 29.8. The highest BCUT2D eigenvalue weighted by Crippen LogP contribution is 2.45. The standard InChI is InChI=1S/C74H44S4/c1-3-7-61-59(5-1)43-75-71(61)55-29-21-51(22-30-55)47-13-9-45(10-14-47)49-17-25-53(26-18-49)69-41-57-33-35-65-63-38-40-68-66(64(63)37-39-67(65)73(57)77-69)36-34-58-42-70(78-74(58)68)54-27-19-50(20-28-54)46-11-15-48(16-12-46)52-23-31-56(32-24-52)72-62-8-4-2-6-60(62)44-76-72/h1-44H. The predicted molar refractivity (Wildman–Crippen MR) is 344 cm³/mol. The van der Waals surface area contributed by atoms with Gasteiger partial charge in [-0.25, -0.2) is 0 Å². The molecule has 0 fully saturated rings. The van der Waals surface area contributed by atoms with Gasteiger partial charge in [-0.1, -0.05) is 243 Å². The Hall–Kier alpha value is -8.74. The van der Waals surface area contributed by atoms with Crippen molar-refractivity contribution in [2.24, 2.45) is 0 Å². The highest BCUT2D eigenvalue weighted by atomic mass is 32.1. The highest BCUT2D eigenvalue weighted by Gasteiger charge is 2.16. The molecule has 0 radical (unpaired) electrons. The zero-order valence-electron chi connectivity index (χ0n) is 42.0. The first-order valence-electron chi connectivity index (χ1n) is 26.4. The molecule has 0 bridgehead atoms. The number of benzene rings is 12. The van der Waals surface area contributed by atoms with Crippen LogP contribution in [0.5, 0.6) is 0 Å². The summed E-state index contributed by atoms with van der Waals surface area (Å²) in [6.07, 6.45) is 0. The van der Waals surface area contributed by atoms with E-state index in [9.17, 15) is 0 Å². The molecule has 12 aromatic carbocycles. The third-order valence-electron chi connectivity index (χ3n) is 15.9. The van der Waals surface area contributed by atoms with Gasteiger partial charge in [-0.3, -0.25) is 0 Å². The third kappa shape index (κ3) is 7.75. The summed E-state index contributed by atoms with van der Waals surface area (Å²) in [5.74, 6) is 0. The first kappa shape index (κ1) is 45.5. The van der Waals surface area contributed by atoms with Crippen LogP contribution in [-0.2, 0) is 0 Å². The summed E-state index contributed by atoms with van der Waals surface area (Å²) in [5, 5.41) is 20.2.